The van der Waals surface area contributed by atoms with Crippen LogP contribution in [0.2, 0.25) is 0 Å². The predicted octanol–water partition coefficient (Wildman–Crippen LogP) is 1.11. The third-order valence-electron chi connectivity index (χ3n) is 4.11. The molecule has 138 valence electrons. The smallest absolute Gasteiger partial charge is 0.252 e. The second kappa shape index (κ2) is 7.96. The van der Waals surface area contributed by atoms with E-state index >= 15 is 0 Å². The van der Waals surface area contributed by atoms with Crippen LogP contribution in [0.3, 0.4) is 0 Å². The van der Waals surface area contributed by atoms with Gasteiger partial charge in [-0.3, -0.25) is 10.2 Å². The first-order valence-corrected chi connectivity index (χ1v) is 9.88. The van der Waals surface area contributed by atoms with E-state index in [-0.39, 0.29) is 29.6 Å². The molecule has 2 aromatic rings. The van der Waals surface area contributed by atoms with E-state index in [1.54, 1.807) is 12.1 Å². The number of hydrazine groups is 1. The van der Waals surface area contributed by atoms with Gasteiger partial charge in [0, 0.05) is 18.2 Å². The molecule has 0 spiro atoms. The van der Waals surface area contributed by atoms with Crippen molar-refractivity contribution in [1.29, 1.82) is 0 Å². The largest absolute Gasteiger partial charge is 0.335 e. The number of benzene rings is 2. The predicted molar refractivity (Wildman–Crippen MR) is 98.5 cm³/mol. The van der Waals surface area contributed by atoms with Gasteiger partial charge in [0.15, 0.2) is 0 Å². The maximum absolute atomic E-state index is 12.5. The summed E-state index contributed by atoms with van der Waals surface area (Å²) < 4.78 is 27.6. The minimum Gasteiger partial charge on any atom is -0.335 e. The van der Waals surface area contributed by atoms with Crippen molar-refractivity contribution in [3.8, 4) is 0 Å². The van der Waals surface area contributed by atoms with Gasteiger partial charge in [0.2, 0.25) is 10.0 Å². The monoisotopic (exact) mass is 374 g/mol. The Labute approximate surface area is 153 Å². The molecule has 2 unspecified atom stereocenters. The Morgan fingerprint density at radius 2 is 1.88 bits per heavy atom. The van der Waals surface area contributed by atoms with E-state index in [0.717, 1.165) is 12.0 Å². The first-order chi connectivity index (χ1) is 12.4. The molecule has 1 saturated heterocycles. The standard InChI is InChI=1S/C18H22N4O3S/c1-13-10-17(22-21-13)20-18(23)15-8-5-9-16(11-15)26(24,25)19-12-14-6-3-2-4-7-14/h2-9,11,13,17,19,21-22H,10,12H2,1H3,(H,20,23). The van der Waals surface area contributed by atoms with Gasteiger partial charge in [0.05, 0.1) is 11.1 Å². The molecule has 1 aliphatic heterocycles. The van der Waals surface area contributed by atoms with Crippen molar-refractivity contribution in [3.05, 3.63) is 65.7 Å². The lowest BCUT2D eigenvalue weighted by Crippen LogP contribution is -2.44. The van der Waals surface area contributed by atoms with E-state index in [1.807, 2.05) is 37.3 Å². The van der Waals surface area contributed by atoms with Crippen molar-refractivity contribution in [3.63, 3.8) is 0 Å². The van der Waals surface area contributed by atoms with E-state index in [4.69, 9.17) is 0 Å². The molecule has 2 atom stereocenters. The van der Waals surface area contributed by atoms with E-state index in [9.17, 15) is 13.2 Å². The van der Waals surface area contributed by atoms with Gasteiger partial charge in [-0.15, -0.1) is 0 Å². The fourth-order valence-corrected chi connectivity index (χ4v) is 3.78. The molecule has 0 saturated carbocycles. The molecule has 4 N–H and O–H groups in total. The molecule has 7 nitrogen and oxygen atoms in total. The van der Waals surface area contributed by atoms with Gasteiger partial charge in [-0.2, -0.15) is 0 Å². The Bertz CT molecular complexity index is 871. The molecular weight excluding hydrogens is 352 g/mol. The third kappa shape index (κ3) is 4.67. The Kier molecular flexibility index (Phi) is 5.67. The van der Waals surface area contributed by atoms with E-state index < -0.39 is 10.0 Å². The van der Waals surface area contributed by atoms with Crippen molar-refractivity contribution in [1.82, 2.24) is 20.9 Å². The highest BCUT2D eigenvalue weighted by atomic mass is 32.2. The van der Waals surface area contributed by atoms with Crippen molar-refractivity contribution in [2.75, 3.05) is 0 Å². The molecule has 0 aliphatic carbocycles. The van der Waals surface area contributed by atoms with Crippen molar-refractivity contribution in [2.24, 2.45) is 0 Å². The number of hydrogen-bond acceptors (Lipinski definition) is 5. The van der Waals surface area contributed by atoms with Crippen molar-refractivity contribution >= 4 is 15.9 Å². The number of nitrogens with one attached hydrogen (secondary N) is 4. The Balaban J connectivity index is 1.68. The number of carbonyl (C=O) groups excluding carboxylic acids is 1. The molecule has 8 heteroatoms. The molecule has 1 amide bonds. The molecule has 1 heterocycles. The van der Waals surface area contributed by atoms with Gasteiger partial charge in [0.25, 0.3) is 5.91 Å². The zero-order valence-corrected chi connectivity index (χ0v) is 15.2. The van der Waals surface area contributed by atoms with Crippen LogP contribution in [-0.2, 0) is 16.6 Å². The maximum atomic E-state index is 12.5. The zero-order valence-electron chi connectivity index (χ0n) is 14.4. The summed E-state index contributed by atoms with van der Waals surface area (Å²) in [4.78, 5) is 12.4. The van der Waals surface area contributed by atoms with Crippen LogP contribution in [0.1, 0.15) is 29.3 Å². The number of carbonyl (C=O) groups is 1. The summed E-state index contributed by atoms with van der Waals surface area (Å²) in [7, 11) is -3.71. The van der Waals surface area contributed by atoms with Gasteiger partial charge in [0.1, 0.15) is 0 Å². The molecule has 1 aliphatic rings. The second-order valence-electron chi connectivity index (χ2n) is 6.29. The minimum atomic E-state index is -3.71. The van der Waals surface area contributed by atoms with Crippen LogP contribution >= 0.6 is 0 Å². The first-order valence-electron chi connectivity index (χ1n) is 8.39. The lowest BCUT2D eigenvalue weighted by Gasteiger charge is -2.13. The summed E-state index contributed by atoms with van der Waals surface area (Å²) in [5, 5.41) is 2.83. The Morgan fingerprint density at radius 1 is 1.12 bits per heavy atom. The lowest BCUT2D eigenvalue weighted by molar-refractivity contribution is 0.0932. The van der Waals surface area contributed by atoms with Crippen molar-refractivity contribution < 1.29 is 13.2 Å². The molecule has 2 aromatic carbocycles. The number of amides is 1. The second-order valence-corrected chi connectivity index (χ2v) is 8.06. The van der Waals surface area contributed by atoms with Crippen molar-refractivity contribution in [2.45, 2.75) is 37.0 Å². The first kappa shape index (κ1) is 18.5. The van der Waals surface area contributed by atoms with Gasteiger partial charge < -0.3 is 5.32 Å². The molecular formula is C18H22N4O3S. The average molecular weight is 374 g/mol. The summed E-state index contributed by atoms with van der Waals surface area (Å²) in [6, 6.07) is 15.5. The Hall–Kier alpha value is -2.26. The lowest BCUT2D eigenvalue weighted by atomic mass is 10.2. The molecule has 0 aromatic heterocycles. The summed E-state index contributed by atoms with van der Waals surface area (Å²) in [5.41, 5.74) is 7.16. The highest BCUT2D eigenvalue weighted by molar-refractivity contribution is 7.89. The normalized spacial score (nSPS) is 20.0. The van der Waals surface area contributed by atoms with Crippen LogP contribution in [0, 0.1) is 0 Å². The molecule has 1 fully saturated rings. The third-order valence-corrected chi connectivity index (χ3v) is 5.51. The van der Waals surface area contributed by atoms with Gasteiger partial charge in [-0.25, -0.2) is 18.6 Å². The van der Waals surface area contributed by atoms with E-state index in [1.165, 1.54) is 12.1 Å². The number of sulfonamides is 1. The van der Waals surface area contributed by atoms with E-state index in [0.29, 0.717) is 5.56 Å². The highest BCUT2D eigenvalue weighted by Crippen LogP contribution is 2.13. The van der Waals surface area contributed by atoms with Crippen LogP contribution in [0.4, 0.5) is 0 Å². The summed E-state index contributed by atoms with van der Waals surface area (Å²) in [5.74, 6) is -0.321. The highest BCUT2D eigenvalue weighted by Gasteiger charge is 2.23. The van der Waals surface area contributed by atoms with E-state index in [2.05, 4.69) is 20.9 Å². The summed E-state index contributed by atoms with van der Waals surface area (Å²) in [6.07, 6.45) is 0.566. The molecule has 3 rings (SSSR count). The number of rotatable bonds is 6. The zero-order chi connectivity index (χ0) is 18.6. The van der Waals surface area contributed by atoms with Crippen LogP contribution in [0.15, 0.2) is 59.5 Å². The SMILES string of the molecule is CC1CC(NC(=O)c2cccc(S(=O)(=O)NCc3ccccc3)c2)NN1. The molecule has 26 heavy (non-hydrogen) atoms. The summed E-state index contributed by atoms with van der Waals surface area (Å²) in [6.45, 7) is 2.19. The van der Waals surface area contributed by atoms with Crippen LogP contribution < -0.4 is 20.9 Å². The minimum absolute atomic E-state index is 0.0620. The van der Waals surface area contributed by atoms with Gasteiger partial charge in [-0.05, 0) is 37.1 Å². The quantitative estimate of drug-likeness (QED) is 0.607. The van der Waals surface area contributed by atoms with Crippen LogP contribution in [0.5, 0.6) is 0 Å². The van der Waals surface area contributed by atoms with Crippen LogP contribution in [-0.4, -0.2) is 26.5 Å². The number of hydrogen-bond donors (Lipinski definition) is 4. The van der Waals surface area contributed by atoms with Crippen LogP contribution in [0.25, 0.3) is 0 Å². The molecule has 0 radical (unpaired) electrons. The summed E-state index contributed by atoms with van der Waals surface area (Å²) >= 11 is 0. The topological polar surface area (TPSA) is 99.3 Å². The molecule has 0 bridgehead atoms. The maximum Gasteiger partial charge on any atom is 0.252 e. The average Bonchev–Trinajstić information content (AvgIpc) is 3.06. The van der Waals surface area contributed by atoms with Gasteiger partial charge >= 0.3 is 0 Å². The fraction of sp³-hybridized carbons (Fsp3) is 0.278. The Morgan fingerprint density at radius 3 is 2.58 bits per heavy atom. The fourth-order valence-electron chi connectivity index (χ4n) is 2.71. The van der Waals surface area contributed by atoms with Gasteiger partial charge in [-0.1, -0.05) is 36.4 Å².